The molecule has 0 aliphatic rings. The molecule has 4 nitrogen and oxygen atoms in total. The summed E-state index contributed by atoms with van der Waals surface area (Å²) in [5.74, 6) is 1.21. The monoisotopic (exact) mass is 222 g/mol. The number of rotatable bonds is 7. The number of anilines is 2. The summed E-state index contributed by atoms with van der Waals surface area (Å²) in [4.78, 5) is 8.24. The highest BCUT2D eigenvalue weighted by atomic mass is 15.1. The van der Waals surface area contributed by atoms with E-state index in [0.29, 0.717) is 11.9 Å². The zero-order valence-corrected chi connectivity index (χ0v) is 10.2. The minimum Gasteiger partial charge on any atom is -0.381 e. The lowest BCUT2D eigenvalue weighted by molar-refractivity contribution is 0.563. The van der Waals surface area contributed by atoms with E-state index in [4.69, 9.17) is 5.73 Å². The molecule has 4 heteroatoms. The molecule has 3 N–H and O–H groups in total. The Hall–Kier alpha value is -1.32. The fourth-order valence-electron chi connectivity index (χ4n) is 1.74. The average molecular weight is 222 g/mol. The lowest BCUT2D eigenvalue weighted by Gasteiger charge is -2.18. The van der Waals surface area contributed by atoms with Crippen LogP contribution in [0.25, 0.3) is 0 Å². The van der Waals surface area contributed by atoms with Crippen LogP contribution in [0.3, 0.4) is 0 Å². The molecule has 1 aromatic rings. The predicted octanol–water partition coefficient (Wildman–Crippen LogP) is 2.83. The molecule has 0 aliphatic carbocycles. The van der Waals surface area contributed by atoms with Crippen LogP contribution in [-0.2, 0) is 0 Å². The van der Waals surface area contributed by atoms with Crippen LogP contribution in [0, 0.1) is 0 Å². The molecule has 0 aromatic carbocycles. The third-order valence-electron chi connectivity index (χ3n) is 2.61. The smallest absolute Gasteiger partial charge is 0.169 e. The van der Waals surface area contributed by atoms with Crippen molar-refractivity contribution in [1.82, 2.24) is 9.97 Å². The maximum Gasteiger partial charge on any atom is 0.169 e. The van der Waals surface area contributed by atoms with Gasteiger partial charge in [-0.1, -0.05) is 33.1 Å². The number of nitrogens with one attached hydrogen (secondary N) is 1. The molecular weight excluding hydrogens is 200 g/mol. The first-order chi connectivity index (χ1) is 7.77. The summed E-state index contributed by atoms with van der Waals surface area (Å²) >= 11 is 0. The molecule has 16 heavy (non-hydrogen) atoms. The average Bonchev–Trinajstić information content (AvgIpc) is 2.29. The molecule has 0 spiro atoms. The van der Waals surface area contributed by atoms with E-state index >= 15 is 0 Å². The maximum absolute atomic E-state index is 5.76. The summed E-state index contributed by atoms with van der Waals surface area (Å²) in [5, 5.41) is 3.38. The van der Waals surface area contributed by atoms with Crippen molar-refractivity contribution in [2.75, 3.05) is 11.1 Å². The van der Waals surface area contributed by atoms with Crippen molar-refractivity contribution in [2.24, 2.45) is 0 Å². The van der Waals surface area contributed by atoms with Crippen LogP contribution in [0.1, 0.15) is 46.0 Å². The van der Waals surface area contributed by atoms with E-state index in [0.717, 1.165) is 12.2 Å². The predicted molar refractivity (Wildman–Crippen MR) is 68.3 cm³/mol. The van der Waals surface area contributed by atoms with E-state index in [9.17, 15) is 0 Å². The van der Waals surface area contributed by atoms with Gasteiger partial charge in [0.25, 0.3) is 0 Å². The van der Waals surface area contributed by atoms with E-state index in [1.807, 2.05) is 0 Å². The number of hydrogen-bond donors (Lipinski definition) is 2. The first-order valence-electron chi connectivity index (χ1n) is 6.11. The first kappa shape index (κ1) is 12.7. The van der Waals surface area contributed by atoms with Gasteiger partial charge in [-0.3, -0.25) is 0 Å². The molecule has 90 valence electrons. The van der Waals surface area contributed by atoms with Gasteiger partial charge in [0.15, 0.2) is 11.6 Å². The van der Waals surface area contributed by atoms with Crippen molar-refractivity contribution < 1.29 is 0 Å². The van der Waals surface area contributed by atoms with Gasteiger partial charge in [-0.15, -0.1) is 0 Å². The quantitative estimate of drug-likeness (QED) is 0.744. The highest BCUT2D eigenvalue weighted by Gasteiger charge is 2.09. The van der Waals surface area contributed by atoms with Gasteiger partial charge in [0.2, 0.25) is 0 Å². The number of unbranched alkanes of at least 4 members (excludes halogenated alkanes) is 1. The molecule has 1 aromatic heterocycles. The van der Waals surface area contributed by atoms with Crippen LogP contribution in [0.2, 0.25) is 0 Å². The molecule has 1 atom stereocenters. The Labute approximate surface area is 97.7 Å². The second-order valence-corrected chi connectivity index (χ2v) is 4.06. The van der Waals surface area contributed by atoms with Crippen molar-refractivity contribution in [2.45, 2.75) is 52.0 Å². The van der Waals surface area contributed by atoms with Crippen LogP contribution >= 0.6 is 0 Å². The molecule has 0 fully saturated rings. The van der Waals surface area contributed by atoms with Crippen LogP contribution in [-0.4, -0.2) is 16.0 Å². The van der Waals surface area contributed by atoms with Crippen molar-refractivity contribution in [3.63, 3.8) is 0 Å². The molecule has 1 unspecified atom stereocenters. The van der Waals surface area contributed by atoms with E-state index in [1.165, 1.54) is 25.7 Å². The fourth-order valence-corrected chi connectivity index (χ4v) is 1.74. The second-order valence-electron chi connectivity index (χ2n) is 4.06. The number of nitrogens with zero attached hydrogens (tertiary/aromatic N) is 2. The topological polar surface area (TPSA) is 63.8 Å². The van der Waals surface area contributed by atoms with Gasteiger partial charge in [0, 0.05) is 18.4 Å². The van der Waals surface area contributed by atoms with Crippen LogP contribution < -0.4 is 11.1 Å². The molecule has 0 amide bonds. The Morgan fingerprint density at radius 3 is 2.56 bits per heavy atom. The van der Waals surface area contributed by atoms with E-state index in [2.05, 4.69) is 29.1 Å². The molecule has 1 rings (SSSR count). The van der Waals surface area contributed by atoms with Gasteiger partial charge in [-0.25, -0.2) is 9.97 Å². The number of hydrogen-bond acceptors (Lipinski definition) is 4. The third kappa shape index (κ3) is 4.04. The SMILES string of the molecule is CCCCC(CCC)Nc1nccnc1N. The molecule has 0 radical (unpaired) electrons. The fraction of sp³-hybridized carbons (Fsp3) is 0.667. The van der Waals surface area contributed by atoms with Crippen molar-refractivity contribution >= 4 is 11.6 Å². The Morgan fingerprint density at radius 1 is 1.19 bits per heavy atom. The van der Waals surface area contributed by atoms with Crippen molar-refractivity contribution in [1.29, 1.82) is 0 Å². The van der Waals surface area contributed by atoms with Gasteiger partial charge in [-0.2, -0.15) is 0 Å². The summed E-state index contributed by atoms with van der Waals surface area (Å²) in [6.07, 6.45) is 9.22. The highest BCUT2D eigenvalue weighted by Crippen LogP contribution is 2.16. The minimum absolute atomic E-state index is 0.462. The van der Waals surface area contributed by atoms with Crippen LogP contribution in [0.5, 0.6) is 0 Å². The number of nitrogens with two attached hydrogens (primary N) is 1. The maximum atomic E-state index is 5.76. The third-order valence-corrected chi connectivity index (χ3v) is 2.61. The van der Waals surface area contributed by atoms with Crippen molar-refractivity contribution in [3.8, 4) is 0 Å². The second kappa shape index (κ2) is 7.04. The normalized spacial score (nSPS) is 12.4. The summed E-state index contributed by atoms with van der Waals surface area (Å²) < 4.78 is 0. The lowest BCUT2D eigenvalue weighted by Crippen LogP contribution is -2.21. The zero-order valence-electron chi connectivity index (χ0n) is 10.2. The van der Waals surface area contributed by atoms with Gasteiger partial charge >= 0.3 is 0 Å². The van der Waals surface area contributed by atoms with Crippen LogP contribution in [0.15, 0.2) is 12.4 Å². The van der Waals surface area contributed by atoms with E-state index < -0.39 is 0 Å². The summed E-state index contributed by atoms with van der Waals surface area (Å²) in [5.41, 5.74) is 5.76. The molecular formula is C12H22N4. The minimum atomic E-state index is 0.462. The summed E-state index contributed by atoms with van der Waals surface area (Å²) in [7, 11) is 0. The molecule has 0 saturated carbocycles. The van der Waals surface area contributed by atoms with E-state index in [-0.39, 0.29) is 0 Å². The Balaban J connectivity index is 2.56. The Kier molecular flexibility index (Phi) is 5.61. The highest BCUT2D eigenvalue weighted by molar-refractivity contribution is 5.55. The molecule has 1 heterocycles. The Morgan fingerprint density at radius 2 is 1.94 bits per heavy atom. The number of aromatic nitrogens is 2. The number of nitrogen functional groups attached to an aromatic ring is 1. The van der Waals surface area contributed by atoms with Gasteiger partial charge in [-0.05, 0) is 12.8 Å². The summed E-state index contributed by atoms with van der Waals surface area (Å²) in [6.45, 7) is 4.40. The first-order valence-corrected chi connectivity index (χ1v) is 6.11. The van der Waals surface area contributed by atoms with Gasteiger partial charge < -0.3 is 11.1 Å². The summed E-state index contributed by atoms with van der Waals surface area (Å²) in [6, 6.07) is 0.462. The largest absolute Gasteiger partial charge is 0.381 e. The Bertz CT molecular complexity index is 301. The van der Waals surface area contributed by atoms with Crippen LogP contribution in [0.4, 0.5) is 11.6 Å². The molecule has 0 saturated heterocycles. The lowest BCUT2D eigenvalue weighted by atomic mass is 10.1. The molecule has 0 aliphatic heterocycles. The van der Waals surface area contributed by atoms with Crippen molar-refractivity contribution in [3.05, 3.63) is 12.4 Å². The van der Waals surface area contributed by atoms with E-state index in [1.54, 1.807) is 12.4 Å². The zero-order chi connectivity index (χ0) is 11.8. The van der Waals surface area contributed by atoms with Gasteiger partial charge in [0.05, 0.1) is 0 Å². The van der Waals surface area contributed by atoms with Gasteiger partial charge in [0.1, 0.15) is 0 Å². The molecule has 0 bridgehead atoms. The standard InChI is InChI=1S/C12H22N4/c1-3-5-7-10(6-4-2)16-12-11(13)14-8-9-15-12/h8-10H,3-7H2,1-2H3,(H2,13,14)(H,15,16).